The molecule has 1 N–H and O–H groups in total. The van der Waals surface area contributed by atoms with Crippen LogP contribution in [0.1, 0.15) is 11.1 Å². The first-order chi connectivity index (χ1) is 7.29. The van der Waals surface area contributed by atoms with E-state index in [1.54, 1.807) is 6.20 Å². The zero-order valence-corrected chi connectivity index (χ0v) is 8.64. The summed E-state index contributed by atoms with van der Waals surface area (Å²) < 4.78 is 0. The molecule has 15 heavy (non-hydrogen) atoms. The molecule has 0 spiro atoms. The molecule has 2 heteroatoms. The Morgan fingerprint density at radius 2 is 1.80 bits per heavy atom. The summed E-state index contributed by atoms with van der Waals surface area (Å²) in [6, 6.07) is 12.1. The van der Waals surface area contributed by atoms with Gasteiger partial charge in [-0.15, -0.1) is 0 Å². The molecule has 0 aliphatic rings. The van der Waals surface area contributed by atoms with Gasteiger partial charge in [0, 0.05) is 11.8 Å². The SMILES string of the molecule is Cc1ccc(-c2ccc(CO)cn2)cc1. The quantitative estimate of drug-likeness (QED) is 0.806. The van der Waals surface area contributed by atoms with Crippen molar-refractivity contribution in [2.24, 2.45) is 0 Å². The highest BCUT2D eigenvalue weighted by molar-refractivity contribution is 5.59. The number of aromatic nitrogens is 1. The number of aliphatic hydroxyl groups is 1. The molecule has 0 unspecified atom stereocenters. The Morgan fingerprint density at radius 3 is 2.33 bits per heavy atom. The molecule has 1 aromatic carbocycles. The van der Waals surface area contributed by atoms with Crippen LogP contribution < -0.4 is 0 Å². The number of benzene rings is 1. The van der Waals surface area contributed by atoms with Gasteiger partial charge >= 0.3 is 0 Å². The molecule has 0 bridgehead atoms. The normalized spacial score (nSPS) is 10.3. The molecule has 2 aromatic rings. The molecule has 0 aliphatic heterocycles. The van der Waals surface area contributed by atoms with Crippen molar-refractivity contribution in [3.63, 3.8) is 0 Å². The van der Waals surface area contributed by atoms with Gasteiger partial charge in [0.05, 0.1) is 12.3 Å². The molecule has 2 nitrogen and oxygen atoms in total. The van der Waals surface area contributed by atoms with Gasteiger partial charge in [-0.3, -0.25) is 4.98 Å². The number of rotatable bonds is 2. The fraction of sp³-hybridized carbons (Fsp3) is 0.154. The smallest absolute Gasteiger partial charge is 0.0702 e. The lowest BCUT2D eigenvalue weighted by atomic mass is 10.1. The Hall–Kier alpha value is -1.67. The van der Waals surface area contributed by atoms with Gasteiger partial charge in [0.25, 0.3) is 0 Å². The Morgan fingerprint density at radius 1 is 1.07 bits per heavy atom. The predicted molar refractivity (Wildman–Crippen MR) is 60.3 cm³/mol. The number of nitrogens with zero attached hydrogens (tertiary/aromatic N) is 1. The van der Waals surface area contributed by atoms with E-state index in [0.717, 1.165) is 16.8 Å². The van der Waals surface area contributed by atoms with Crippen molar-refractivity contribution in [1.82, 2.24) is 4.98 Å². The van der Waals surface area contributed by atoms with Crippen molar-refractivity contribution in [3.05, 3.63) is 53.7 Å². The Kier molecular flexibility index (Phi) is 2.79. The minimum atomic E-state index is 0.0428. The van der Waals surface area contributed by atoms with Crippen molar-refractivity contribution >= 4 is 0 Å². The highest BCUT2D eigenvalue weighted by atomic mass is 16.3. The second-order valence-electron chi connectivity index (χ2n) is 3.58. The summed E-state index contributed by atoms with van der Waals surface area (Å²) in [5.41, 5.74) is 4.12. The predicted octanol–water partition coefficient (Wildman–Crippen LogP) is 2.55. The summed E-state index contributed by atoms with van der Waals surface area (Å²) in [7, 11) is 0. The third kappa shape index (κ3) is 2.22. The van der Waals surface area contributed by atoms with Gasteiger partial charge < -0.3 is 5.11 Å². The summed E-state index contributed by atoms with van der Waals surface area (Å²) in [6.45, 7) is 2.10. The van der Waals surface area contributed by atoms with Crippen molar-refractivity contribution < 1.29 is 5.11 Å². The van der Waals surface area contributed by atoms with Gasteiger partial charge in [-0.25, -0.2) is 0 Å². The molecule has 76 valence electrons. The number of aryl methyl sites for hydroxylation is 1. The van der Waals surface area contributed by atoms with E-state index in [-0.39, 0.29) is 6.61 Å². The zero-order valence-electron chi connectivity index (χ0n) is 8.64. The van der Waals surface area contributed by atoms with Gasteiger partial charge in [-0.05, 0) is 18.6 Å². The molecular weight excluding hydrogens is 186 g/mol. The lowest BCUT2D eigenvalue weighted by molar-refractivity contribution is 0.281. The van der Waals surface area contributed by atoms with Crippen LogP contribution in [0.4, 0.5) is 0 Å². The van der Waals surface area contributed by atoms with Gasteiger partial charge in [0.2, 0.25) is 0 Å². The fourth-order valence-electron chi connectivity index (χ4n) is 1.41. The van der Waals surface area contributed by atoms with Gasteiger partial charge in [0.15, 0.2) is 0 Å². The summed E-state index contributed by atoms with van der Waals surface area (Å²) in [6.07, 6.45) is 1.70. The molecule has 0 atom stereocenters. The molecule has 0 amide bonds. The third-order valence-electron chi connectivity index (χ3n) is 2.35. The van der Waals surface area contributed by atoms with Gasteiger partial charge in [-0.2, -0.15) is 0 Å². The topological polar surface area (TPSA) is 33.1 Å². The van der Waals surface area contributed by atoms with Crippen LogP contribution in [0.25, 0.3) is 11.3 Å². The molecule has 2 rings (SSSR count). The molecule has 0 aliphatic carbocycles. The Labute approximate surface area is 89.2 Å². The summed E-state index contributed by atoms with van der Waals surface area (Å²) >= 11 is 0. The van der Waals surface area contributed by atoms with Crippen molar-refractivity contribution in [2.45, 2.75) is 13.5 Å². The first kappa shape index (κ1) is 9.87. The van der Waals surface area contributed by atoms with Crippen LogP contribution in [0.15, 0.2) is 42.6 Å². The number of hydrogen-bond donors (Lipinski definition) is 1. The molecule has 0 saturated carbocycles. The maximum absolute atomic E-state index is 8.90. The summed E-state index contributed by atoms with van der Waals surface area (Å²) in [5, 5.41) is 8.90. The van der Waals surface area contributed by atoms with Crippen LogP contribution in [0, 0.1) is 6.92 Å². The summed E-state index contributed by atoms with van der Waals surface area (Å²) in [5.74, 6) is 0. The van der Waals surface area contributed by atoms with Crippen LogP contribution in [0.3, 0.4) is 0 Å². The van der Waals surface area contributed by atoms with Crippen LogP contribution in [-0.2, 0) is 6.61 Å². The van der Waals surface area contributed by atoms with E-state index in [2.05, 4.69) is 36.2 Å². The second kappa shape index (κ2) is 4.24. The van der Waals surface area contributed by atoms with Crippen LogP contribution in [0.2, 0.25) is 0 Å². The summed E-state index contributed by atoms with van der Waals surface area (Å²) in [4.78, 5) is 4.29. The van der Waals surface area contributed by atoms with Crippen molar-refractivity contribution in [3.8, 4) is 11.3 Å². The van der Waals surface area contributed by atoms with Gasteiger partial charge in [0.1, 0.15) is 0 Å². The lowest BCUT2D eigenvalue weighted by Gasteiger charge is -2.02. The van der Waals surface area contributed by atoms with Crippen molar-refractivity contribution in [2.75, 3.05) is 0 Å². The zero-order chi connectivity index (χ0) is 10.7. The minimum Gasteiger partial charge on any atom is -0.392 e. The average Bonchev–Trinajstić information content (AvgIpc) is 2.30. The molecule has 1 aromatic heterocycles. The number of hydrogen-bond acceptors (Lipinski definition) is 2. The van der Waals surface area contributed by atoms with Crippen LogP contribution in [-0.4, -0.2) is 10.1 Å². The molecule has 1 heterocycles. The van der Waals surface area contributed by atoms with E-state index in [1.807, 2.05) is 12.1 Å². The number of aliphatic hydroxyl groups excluding tert-OH is 1. The lowest BCUT2D eigenvalue weighted by Crippen LogP contribution is -1.87. The van der Waals surface area contributed by atoms with E-state index >= 15 is 0 Å². The van der Waals surface area contributed by atoms with E-state index in [1.165, 1.54) is 5.56 Å². The largest absolute Gasteiger partial charge is 0.392 e. The first-order valence-corrected chi connectivity index (χ1v) is 4.92. The van der Waals surface area contributed by atoms with Crippen molar-refractivity contribution in [1.29, 1.82) is 0 Å². The van der Waals surface area contributed by atoms with E-state index < -0.39 is 0 Å². The van der Waals surface area contributed by atoms with E-state index in [4.69, 9.17) is 5.11 Å². The minimum absolute atomic E-state index is 0.0428. The maximum atomic E-state index is 8.90. The molecule has 0 radical (unpaired) electrons. The monoisotopic (exact) mass is 199 g/mol. The van der Waals surface area contributed by atoms with Crippen LogP contribution >= 0.6 is 0 Å². The average molecular weight is 199 g/mol. The van der Waals surface area contributed by atoms with E-state index in [0.29, 0.717) is 0 Å². The maximum Gasteiger partial charge on any atom is 0.0702 e. The molecular formula is C13H13NO. The number of pyridine rings is 1. The Balaban J connectivity index is 2.33. The Bertz CT molecular complexity index is 431. The highest BCUT2D eigenvalue weighted by Crippen LogP contribution is 2.17. The second-order valence-corrected chi connectivity index (χ2v) is 3.58. The van der Waals surface area contributed by atoms with Gasteiger partial charge in [-0.1, -0.05) is 35.9 Å². The molecule has 0 fully saturated rings. The third-order valence-corrected chi connectivity index (χ3v) is 2.35. The van der Waals surface area contributed by atoms with Crippen LogP contribution in [0.5, 0.6) is 0 Å². The van der Waals surface area contributed by atoms with E-state index in [9.17, 15) is 0 Å². The fourth-order valence-corrected chi connectivity index (χ4v) is 1.41. The molecule has 0 saturated heterocycles. The highest BCUT2D eigenvalue weighted by Gasteiger charge is 1.98. The standard InChI is InChI=1S/C13H13NO/c1-10-2-5-12(6-3-10)13-7-4-11(9-15)8-14-13/h2-8,15H,9H2,1H3. The first-order valence-electron chi connectivity index (χ1n) is 4.92.